The van der Waals surface area contributed by atoms with Crippen LogP contribution in [-0.2, 0) is 25.5 Å². The Bertz CT molecular complexity index is 1180. The zero-order valence-electron chi connectivity index (χ0n) is 21.9. The molecule has 9 heteroatoms. The predicted octanol–water partition coefficient (Wildman–Crippen LogP) is 4.21. The average molecular weight is 529 g/mol. The lowest BCUT2D eigenvalue weighted by Crippen LogP contribution is -2.45. The molecular formula is C28H33ClN2O6. The topological polar surface area (TPSA) is 85.4 Å². The number of hydrogen-bond acceptors (Lipinski definition) is 6. The lowest BCUT2D eigenvalue weighted by Gasteiger charge is -2.35. The average Bonchev–Trinajstić information content (AvgIpc) is 2.89. The summed E-state index contributed by atoms with van der Waals surface area (Å²) >= 11 is 6.03. The van der Waals surface area contributed by atoms with Gasteiger partial charge in [0.25, 0.3) is 0 Å². The van der Waals surface area contributed by atoms with Crippen molar-refractivity contribution in [3.05, 3.63) is 69.9 Å². The van der Waals surface area contributed by atoms with Crippen molar-refractivity contribution < 1.29 is 28.6 Å². The van der Waals surface area contributed by atoms with Crippen LogP contribution >= 0.6 is 11.6 Å². The maximum atomic E-state index is 13.2. The van der Waals surface area contributed by atoms with Crippen molar-refractivity contribution in [1.82, 2.24) is 9.80 Å². The second kappa shape index (κ2) is 12.6. The summed E-state index contributed by atoms with van der Waals surface area (Å²) in [6.45, 7) is 3.90. The number of nitrogens with zero attached hydrogens (tertiary/aromatic N) is 2. The summed E-state index contributed by atoms with van der Waals surface area (Å²) in [5.74, 6) is -0.177. The minimum Gasteiger partial charge on any atom is -0.493 e. The number of allylic oxidation sites excluding steroid dienone is 1. The van der Waals surface area contributed by atoms with E-state index < -0.39 is 11.9 Å². The molecule has 2 aromatic rings. The lowest BCUT2D eigenvalue weighted by atomic mass is 9.83. The van der Waals surface area contributed by atoms with Gasteiger partial charge in [-0.15, -0.1) is 0 Å². The zero-order chi connectivity index (χ0) is 27.1. The number of hydrogen-bond donors (Lipinski definition) is 0. The van der Waals surface area contributed by atoms with E-state index in [2.05, 4.69) is 0 Å². The van der Waals surface area contributed by atoms with Crippen LogP contribution in [0.1, 0.15) is 37.3 Å². The molecule has 3 rings (SSSR count). The van der Waals surface area contributed by atoms with Crippen LogP contribution in [-0.4, -0.2) is 68.5 Å². The summed E-state index contributed by atoms with van der Waals surface area (Å²) in [7, 11) is 4.84. The van der Waals surface area contributed by atoms with E-state index in [4.69, 9.17) is 25.8 Å². The van der Waals surface area contributed by atoms with Gasteiger partial charge in [0.15, 0.2) is 11.5 Å². The Morgan fingerprint density at radius 3 is 2.38 bits per heavy atom. The van der Waals surface area contributed by atoms with E-state index in [1.54, 1.807) is 64.3 Å². The summed E-state index contributed by atoms with van der Waals surface area (Å²) in [6, 6.07) is 12.7. The molecule has 0 spiro atoms. The highest BCUT2D eigenvalue weighted by molar-refractivity contribution is 6.30. The number of halogens is 1. The maximum absolute atomic E-state index is 13.2. The molecule has 0 aliphatic carbocycles. The van der Waals surface area contributed by atoms with Crippen LogP contribution in [0, 0.1) is 0 Å². The first-order valence-corrected chi connectivity index (χ1v) is 12.5. The quantitative estimate of drug-likeness (QED) is 0.429. The Kier molecular flexibility index (Phi) is 9.58. The SMILES string of the molecule is CCOC(=O)C1=C(C)N(CC(=O)N(C)CCc2ccc(OC)c(OC)c2)C(=O)CC1c1ccc(Cl)cc1. The maximum Gasteiger partial charge on any atom is 0.336 e. The molecule has 1 aliphatic rings. The summed E-state index contributed by atoms with van der Waals surface area (Å²) in [6.07, 6.45) is 0.647. The molecule has 37 heavy (non-hydrogen) atoms. The molecule has 1 atom stereocenters. The van der Waals surface area contributed by atoms with Gasteiger partial charge in [0.2, 0.25) is 11.8 Å². The molecule has 198 valence electrons. The summed E-state index contributed by atoms with van der Waals surface area (Å²) < 4.78 is 15.9. The fraction of sp³-hybridized carbons (Fsp3) is 0.393. The summed E-state index contributed by atoms with van der Waals surface area (Å²) in [5.41, 5.74) is 2.58. The number of amides is 2. The van der Waals surface area contributed by atoms with Crippen molar-refractivity contribution in [3.63, 3.8) is 0 Å². The third-order valence-corrected chi connectivity index (χ3v) is 6.75. The predicted molar refractivity (Wildman–Crippen MR) is 141 cm³/mol. The smallest absolute Gasteiger partial charge is 0.336 e. The molecular weight excluding hydrogens is 496 g/mol. The highest BCUT2D eigenvalue weighted by atomic mass is 35.5. The number of carbonyl (C=O) groups is 3. The molecule has 0 N–H and O–H groups in total. The fourth-order valence-electron chi connectivity index (χ4n) is 4.37. The highest BCUT2D eigenvalue weighted by Crippen LogP contribution is 2.37. The van der Waals surface area contributed by atoms with Gasteiger partial charge < -0.3 is 24.0 Å². The number of esters is 1. The first-order chi connectivity index (χ1) is 17.7. The van der Waals surface area contributed by atoms with Crippen LogP contribution in [0.25, 0.3) is 0 Å². The molecule has 2 amide bonds. The number of rotatable bonds is 10. The van der Waals surface area contributed by atoms with E-state index in [9.17, 15) is 14.4 Å². The Hall–Kier alpha value is -3.52. The molecule has 0 radical (unpaired) electrons. The van der Waals surface area contributed by atoms with E-state index in [-0.39, 0.29) is 31.4 Å². The van der Waals surface area contributed by atoms with Crippen LogP contribution in [0.15, 0.2) is 53.7 Å². The first kappa shape index (κ1) is 28.1. The Labute approximate surface area is 222 Å². The highest BCUT2D eigenvalue weighted by Gasteiger charge is 2.37. The molecule has 0 aromatic heterocycles. The van der Waals surface area contributed by atoms with Gasteiger partial charge in [0, 0.05) is 36.7 Å². The van der Waals surface area contributed by atoms with Crippen LogP contribution < -0.4 is 9.47 Å². The standard InChI is InChI=1S/C28H33ClN2O6/c1-6-37-28(34)27-18(2)31(25(32)16-22(27)20-8-10-21(29)11-9-20)17-26(33)30(3)14-13-19-7-12-23(35-4)24(15-19)36-5/h7-12,15,22H,6,13-14,16-17H2,1-5H3. The van der Waals surface area contributed by atoms with Gasteiger partial charge in [0.1, 0.15) is 6.54 Å². The van der Waals surface area contributed by atoms with Gasteiger partial charge in [-0.25, -0.2) is 4.79 Å². The van der Waals surface area contributed by atoms with Crippen molar-refractivity contribution in [2.75, 3.05) is 41.0 Å². The molecule has 1 heterocycles. The van der Waals surface area contributed by atoms with Gasteiger partial charge in [-0.2, -0.15) is 0 Å². The van der Waals surface area contributed by atoms with Gasteiger partial charge in [0.05, 0.1) is 26.4 Å². The lowest BCUT2D eigenvalue weighted by molar-refractivity contribution is -0.142. The number of likely N-dealkylation sites (N-methyl/N-ethyl adjacent to an activating group) is 1. The third-order valence-electron chi connectivity index (χ3n) is 6.49. The van der Waals surface area contributed by atoms with E-state index in [0.29, 0.717) is 40.8 Å². The van der Waals surface area contributed by atoms with Gasteiger partial charge in [-0.3, -0.25) is 9.59 Å². The second-order valence-corrected chi connectivity index (χ2v) is 9.20. The second-order valence-electron chi connectivity index (χ2n) is 8.76. The molecule has 0 saturated carbocycles. The van der Waals surface area contributed by atoms with Crippen molar-refractivity contribution in [2.45, 2.75) is 32.6 Å². The van der Waals surface area contributed by atoms with Crippen LogP contribution in [0.4, 0.5) is 0 Å². The van der Waals surface area contributed by atoms with Gasteiger partial charge in [-0.1, -0.05) is 29.8 Å². The Balaban J connectivity index is 1.77. The minimum absolute atomic E-state index is 0.0513. The summed E-state index contributed by atoms with van der Waals surface area (Å²) in [5, 5.41) is 0.563. The van der Waals surface area contributed by atoms with Crippen LogP contribution in [0.5, 0.6) is 11.5 Å². The minimum atomic E-state index is -0.494. The Morgan fingerprint density at radius 2 is 1.76 bits per heavy atom. The van der Waals surface area contributed by atoms with Crippen LogP contribution in [0.3, 0.4) is 0 Å². The molecule has 0 fully saturated rings. The van der Waals surface area contributed by atoms with Crippen molar-refractivity contribution >= 4 is 29.4 Å². The van der Waals surface area contributed by atoms with Gasteiger partial charge >= 0.3 is 5.97 Å². The van der Waals surface area contributed by atoms with E-state index in [0.717, 1.165) is 11.1 Å². The zero-order valence-corrected chi connectivity index (χ0v) is 22.6. The first-order valence-electron chi connectivity index (χ1n) is 12.1. The normalized spacial score (nSPS) is 15.5. The van der Waals surface area contributed by atoms with E-state index >= 15 is 0 Å². The molecule has 2 aromatic carbocycles. The van der Waals surface area contributed by atoms with Crippen molar-refractivity contribution in [2.24, 2.45) is 0 Å². The molecule has 1 unspecified atom stereocenters. The number of methoxy groups -OCH3 is 2. The summed E-state index contributed by atoms with van der Waals surface area (Å²) in [4.78, 5) is 42.1. The fourth-order valence-corrected chi connectivity index (χ4v) is 4.50. The monoisotopic (exact) mass is 528 g/mol. The van der Waals surface area contributed by atoms with Crippen molar-refractivity contribution in [3.8, 4) is 11.5 Å². The number of ether oxygens (including phenoxy) is 3. The molecule has 8 nitrogen and oxygen atoms in total. The van der Waals surface area contributed by atoms with Gasteiger partial charge in [-0.05, 0) is 55.7 Å². The third kappa shape index (κ3) is 6.63. The van der Waals surface area contributed by atoms with Crippen LogP contribution in [0.2, 0.25) is 5.02 Å². The molecule has 1 aliphatic heterocycles. The number of benzene rings is 2. The number of carbonyl (C=O) groups excluding carboxylic acids is 3. The van der Waals surface area contributed by atoms with Crippen molar-refractivity contribution in [1.29, 1.82) is 0 Å². The molecule has 0 saturated heterocycles. The Morgan fingerprint density at radius 1 is 1.08 bits per heavy atom. The van der Waals surface area contributed by atoms with E-state index in [1.165, 1.54) is 4.90 Å². The largest absolute Gasteiger partial charge is 0.493 e. The molecule has 0 bridgehead atoms. The van der Waals surface area contributed by atoms with E-state index in [1.807, 2.05) is 18.2 Å².